The van der Waals surface area contributed by atoms with Gasteiger partial charge in [0.2, 0.25) is 0 Å². The third-order valence-electron chi connectivity index (χ3n) is 4.71. The number of hydrogen-bond acceptors (Lipinski definition) is 2. The van der Waals surface area contributed by atoms with Gasteiger partial charge in [-0.3, -0.25) is 0 Å². The SMILES string of the molecule is C(=Cc1ccc(-c2nc3c(ccc4ccccc43)s2)cc1)c1ccccc1. The molecule has 0 unspecified atom stereocenters. The Labute approximate surface area is 162 Å². The minimum absolute atomic E-state index is 1.07. The molecule has 128 valence electrons. The van der Waals surface area contributed by atoms with E-state index in [0.717, 1.165) is 16.1 Å². The summed E-state index contributed by atoms with van der Waals surface area (Å²) in [6, 6.07) is 31.8. The average Bonchev–Trinajstić information content (AvgIpc) is 3.18. The van der Waals surface area contributed by atoms with Crippen LogP contribution in [0, 0.1) is 0 Å². The molecule has 1 nitrogen and oxygen atoms in total. The van der Waals surface area contributed by atoms with Gasteiger partial charge < -0.3 is 0 Å². The van der Waals surface area contributed by atoms with Crippen molar-refractivity contribution in [1.82, 2.24) is 4.98 Å². The van der Waals surface area contributed by atoms with Gasteiger partial charge in [0.15, 0.2) is 0 Å². The molecular formula is C25H17NS. The number of hydrogen-bond donors (Lipinski definition) is 0. The molecule has 2 heteroatoms. The number of rotatable bonds is 3. The lowest BCUT2D eigenvalue weighted by Crippen LogP contribution is -1.78. The van der Waals surface area contributed by atoms with E-state index in [-0.39, 0.29) is 0 Å². The summed E-state index contributed by atoms with van der Waals surface area (Å²) in [7, 11) is 0. The van der Waals surface area contributed by atoms with Gasteiger partial charge in [-0.2, -0.15) is 0 Å². The highest BCUT2D eigenvalue weighted by molar-refractivity contribution is 7.21. The van der Waals surface area contributed by atoms with Gasteiger partial charge in [-0.1, -0.05) is 97.1 Å². The minimum atomic E-state index is 1.07. The summed E-state index contributed by atoms with van der Waals surface area (Å²) < 4.78 is 1.23. The van der Waals surface area contributed by atoms with E-state index < -0.39 is 0 Å². The molecule has 1 aromatic heterocycles. The molecule has 0 aliphatic rings. The van der Waals surface area contributed by atoms with Crippen LogP contribution in [0.2, 0.25) is 0 Å². The van der Waals surface area contributed by atoms with Crippen LogP contribution < -0.4 is 0 Å². The van der Waals surface area contributed by atoms with Gasteiger partial charge in [0, 0.05) is 10.9 Å². The van der Waals surface area contributed by atoms with Gasteiger partial charge in [0.1, 0.15) is 5.01 Å². The van der Waals surface area contributed by atoms with Crippen molar-refractivity contribution in [2.45, 2.75) is 0 Å². The van der Waals surface area contributed by atoms with Crippen molar-refractivity contribution in [1.29, 1.82) is 0 Å². The van der Waals surface area contributed by atoms with Crippen LogP contribution in [-0.4, -0.2) is 4.98 Å². The van der Waals surface area contributed by atoms with Crippen LogP contribution in [0.3, 0.4) is 0 Å². The summed E-state index contributed by atoms with van der Waals surface area (Å²) in [6.07, 6.45) is 4.28. The second kappa shape index (κ2) is 6.82. The van der Waals surface area contributed by atoms with E-state index in [4.69, 9.17) is 4.98 Å². The highest BCUT2D eigenvalue weighted by Crippen LogP contribution is 2.34. The normalized spacial score (nSPS) is 11.6. The lowest BCUT2D eigenvalue weighted by atomic mass is 10.1. The Kier molecular flexibility index (Phi) is 4.04. The molecule has 0 amide bonds. The predicted molar refractivity (Wildman–Crippen MR) is 118 cm³/mol. The highest BCUT2D eigenvalue weighted by atomic mass is 32.1. The lowest BCUT2D eigenvalue weighted by Gasteiger charge is -1.98. The van der Waals surface area contributed by atoms with Crippen LogP contribution in [0.15, 0.2) is 91.0 Å². The summed E-state index contributed by atoms with van der Waals surface area (Å²) in [5, 5.41) is 3.53. The Morgan fingerprint density at radius 3 is 2.15 bits per heavy atom. The molecule has 4 aromatic carbocycles. The first-order valence-corrected chi connectivity index (χ1v) is 9.80. The van der Waals surface area contributed by atoms with Crippen LogP contribution in [0.1, 0.15) is 11.1 Å². The van der Waals surface area contributed by atoms with Gasteiger partial charge in [-0.15, -0.1) is 11.3 Å². The summed E-state index contributed by atoms with van der Waals surface area (Å²) in [6.45, 7) is 0. The molecule has 5 rings (SSSR count). The van der Waals surface area contributed by atoms with Crippen molar-refractivity contribution in [3.8, 4) is 10.6 Å². The quantitative estimate of drug-likeness (QED) is 0.307. The molecule has 0 atom stereocenters. The summed E-state index contributed by atoms with van der Waals surface area (Å²) in [4.78, 5) is 4.93. The van der Waals surface area contributed by atoms with E-state index in [1.807, 2.05) is 6.07 Å². The van der Waals surface area contributed by atoms with Crippen molar-refractivity contribution >= 4 is 44.5 Å². The number of thiazole rings is 1. The van der Waals surface area contributed by atoms with E-state index in [1.54, 1.807) is 11.3 Å². The van der Waals surface area contributed by atoms with E-state index in [2.05, 4.69) is 97.1 Å². The lowest BCUT2D eigenvalue weighted by molar-refractivity contribution is 1.49. The summed E-state index contributed by atoms with van der Waals surface area (Å²) >= 11 is 1.75. The molecule has 1 heterocycles. The van der Waals surface area contributed by atoms with Crippen molar-refractivity contribution in [2.24, 2.45) is 0 Å². The van der Waals surface area contributed by atoms with E-state index in [0.29, 0.717) is 0 Å². The van der Waals surface area contributed by atoms with Crippen LogP contribution >= 0.6 is 11.3 Å². The maximum absolute atomic E-state index is 4.93. The van der Waals surface area contributed by atoms with Gasteiger partial charge in [-0.25, -0.2) is 4.98 Å². The fraction of sp³-hybridized carbons (Fsp3) is 0. The monoisotopic (exact) mass is 363 g/mol. The standard InChI is InChI=1S/C25H17NS/c1-2-6-18(7-3-1)10-11-19-12-14-21(15-13-19)25-26-24-22-9-5-4-8-20(22)16-17-23(24)27-25/h1-17H. The summed E-state index contributed by atoms with van der Waals surface area (Å²) in [5.74, 6) is 0. The zero-order chi connectivity index (χ0) is 18.1. The Hall–Kier alpha value is -3.23. The van der Waals surface area contributed by atoms with E-state index >= 15 is 0 Å². The molecule has 0 radical (unpaired) electrons. The molecule has 0 saturated carbocycles. The molecule has 0 spiro atoms. The maximum atomic E-state index is 4.93. The Morgan fingerprint density at radius 1 is 0.630 bits per heavy atom. The summed E-state index contributed by atoms with van der Waals surface area (Å²) in [5.41, 5.74) is 4.66. The third-order valence-corrected chi connectivity index (χ3v) is 5.78. The first kappa shape index (κ1) is 16.0. The topological polar surface area (TPSA) is 12.9 Å². The Morgan fingerprint density at radius 2 is 1.33 bits per heavy atom. The second-order valence-electron chi connectivity index (χ2n) is 6.52. The van der Waals surface area contributed by atoms with Gasteiger partial charge in [-0.05, 0) is 22.6 Å². The van der Waals surface area contributed by atoms with Gasteiger partial charge in [0.25, 0.3) is 0 Å². The molecule has 0 aliphatic carbocycles. The minimum Gasteiger partial charge on any atom is -0.235 e. The molecule has 27 heavy (non-hydrogen) atoms. The smallest absolute Gasteiger partial charge is 0.124 e. The average molecular weight is 363 g/mol. The Bertz CT molecular complexity index is 1250. The van der Waals surface area contributed by atoms with Crippen LogP contribution in [0.4, 0.5) is 0 Å². The van der Waals surface area contributed by atoms with Crippen molar-refractivity contribution in [3.63, 3.8) is 0 Å². The first-order chi connectivity index (χ1) is 13.4. The van der Waals surface area contributed by atoms with Gasteiger partial charge in [0.05, 0.1) is 10.2 Å². The number of aromatic nitrogens is 1. The first-order valence-electron chi connectivity index (χ1n) is 8.99. The molecule has 0 N–H and O–H groups in total. The number of fused-ring (bicyclic) bond motifs is 3. The van der Waals surface area contributed by atoms with E-state index in [1.165, 1.54) is 26.6 Å². The largest absolute Gasteiger partial charge is 0.235 e. The third kappa shape index (κ3) is 3.16. The molecule has 0 saturated heterocycles. The molecular weight excluding hydrogens is 346 g/mol. The zero-order valence-electron chi connectivity index (χ0n) is 14.7. The van der Waals surface area contributed by atoms with E-state index in [9.17, 15) is 0 Å². The number of nitrogens with zero attached hydrogens (tertiary/aromatic N) is 1. The van der Waals surface area contributed by atoms with Crippen LogP contribution in [-0.2, 0) is 0 Å². The highest BCUT2D eigenvalue weighted by Gasteiger charge is 2.09. The molecule has 0 aliphatic heterocycles. The maximum Gasteiger partial charge on any atom is 0.124 e. The second-order valence-corrected chi connectivity index (χ2v) is 7.55. The van der Waals surface area contributed by atoms with Crippen LogP contribution in [0.25, 0.3) is 43.7 Å². The fourth-order valence-electron chi connectivity index (χ4n) is 3.28. The van der Waals surface area contributed by atoms with Gasteiger partial charge >= 0.3 is 0 Å². The zero-order valence-corrected chi connectivity index (χ0v) is 15.5. The molecule has 0 bridgehead atoms. The van der Waals surface area contributed by atoms with Crippen molar-refractivity contribution < 1.29 is 0 Å². The molecule has 5 aromatic rings. The van der Waals surface area contributed by atoms with Crippen LogP contribution in [0.5, 0.6) is 0 Å². The number of benzene rings is 4. The molecule has 0 fully saturated rings. The fourth-order valence-corrected chi connectivity index (χ4v) is 4.27. The predicted octanol–water partition coefficient (Wildman–Crippen LogP) is 7.29. The van der Waals surface area contributed by atoms with Crippen molar-refractivity contribution in [2.75, 3.05) is 0 Å². The Balaban J connectivity index is 1.48. The van der Waals surface area contributed by atoms with Crippen molar-refractivity contribution in [3.05, 3.63) is 102 Å².